The molecule has 3 aromatic rings. The van der Waals surface area contributed by atoms with Gasteiger partial charge in [0, 0.05) is 56.3 Å². The van der Waals surface area contributed by atoms with E-state index in [4.69, 9.17) is 16.6 Å². The number of fused-ring (bicyclic) bond motifs is 1. The van der Waals surface area contributed by atoms with E-state index in [2.05, 4.69) is 34.2 Å². The van der Waals surface area contributed by atoms with Crippen LogP contribution in [0.15, 0.2) is 47.4 Å². The van der Waals surface area contributed by atoms with Crippen molar-refractivity contribution < 1.29 is 4.79 Å². The minimum atomic E-state index is 0.129. The molecule has 1 aliphatic rings. The Morgan fingerprint density at radius 3 is 2.68 bits per heavy atom. The molecule has 0 bridgehead atoms. The van der Waals surface area contributed by atoms with Crippen LogP contribution in [0.3, 0.4) is 0 Å². The van der Waals surface area contributed by atoms with E-state index < -0.39 is 0 Å². The number of anilines is 1. The maximum Gasteiger partial charge on any atom is 0.220 e. The quantitative estimate of drug-likeness (QED) is 0.480. The maximum absolute atomic E-state index is 12.1. The third kappa shape index (κ3) is 5.92. The van der Waals surface area contributed by atoms with Crippen molar-refractivity contribution in [1.82, 2.24) is 15.2 Å². The molecule has 0 aliphatic carbocycles. The molecule has 1 saturated heterocycles. The second-order valence-corrected chi connectivity index (χ2v) is 10.2. The number of piperazine rings is 1. The molecule has 5 nitrogen and oxygen atoms in total. The van der Waals surface area contributed by atoms with Crippen LogP contribution in [-0.4, -0.2) is 60.8 Å². The van der Waals surface area contributed by atoms with Crippen LogP contribution in [0.5, 0.6) is 0 Å². The highest BCUT2D eigenvalue weighted by Gasteiger charge is 2.20. The van der Waals surface area contributed by atoms with Gasteiger partial charge < -0.3 is 10.2 Å². The molecule has 1 aromatic heterocycles. The molecule has 0 spiro atoms. The first-order valence-electron chi connectivity index (χ1n) is 10.6. The fourth-order valence-corrected chi connectivity index (χ4v) is 5.85. The smallest absolute Gasteiger partial charge is 0.220 e. The van der Waals surface area contributed by atoms with Gasteiger partial charge in [0.05, 0.1) is 15.2 Å². The molecular formula is C23H27ClN4OS2. The highest BCUT2D eigenvalue weighted by atomic mass is 35.5. The number of thiazole rings is 1. The van der Waals surface area contributed by atoms with Crippen LogP contribution in [0.2, 0.25) is 5.02 Å². The molecule has 0 radical (unpaired) electrons. The van der Waals surface area contributed by atoms with E-state index >= 15 is 0 Å². The van der Waals surface area contributed by atoms with Crippen molar-refractivity contribution in [2.24, 2.45) is 0 Å². The summed E-state index contributed by atoms with van der Waals surface area (Å²) in [5, 5.41) is 4.89. The van der Waals surface area contributed by atoms with Crippen LogP contribution < -0.4 is 10.2 Å². The summed E-state index contributed by atoms with van der Waals surface area (Å²) in [6, 6.07) is 14.2. The van der Waals surface area contributed by atoms with Gasteiger partial charge in [-0.15, -0.1) is 11.8 Å². The van der Waals surface area contributed by atoms with Gasteiger partial charge in [-0.25, -0.2) is 4.98 Å². The van der Waals surface area contributed by atoms with E-state index in [1.165, 1.54) is 10.5 Å². The van der Waals surface area contributed by atoms with Gasteiger partial charge in [-0.2, -0.15) is 0 Å². The third-order valence-corrected chi connectivity index (χ3v) is 8.01. The normalized spacial score (nSPS) is 14.8. The summed E-state index contributed by atoms with van der Waals surface area (Å²) < 4.78 is 1.08. The lowest BCUT2D eigenvalue weighted by Crippen LogP contribution is -2.48. The van der Waals surface area contributed by atoms with E-state index in [1.54, 1.807) is 23.1 Å². The van der Waals surface area contributed by atoms with Gasteiger partial charge >= 0.3 is 0 Å². The Labute approximate surface area is 196 Å². The molecule has 2 heterocycles. The van der Waals surface area contributed by atoms with E-state index in [0.29, 0.717) is 13.0 Å². The molecule has 2 aromatic carbocycles. The first-order chi connectivity index (χ1) is 15.1. The monoisotopic (exact) mass is 474 g/mol. The topological polar surface area (TPSA) is 48.5 Å². The van der Waals surface area contributed by atoms with Gasteiger partial charge in [-0.3, -0.25) is 9.69 Å². The molecule has 1 aliphatic heterocycles. The molecule has 0 atom stereocenters. The third-order valence-electron chi connectivity index (χ3n) is 5.42. The predicted molar refractivity (Wildman–Crippen MR) is 133 cm³/mol. The van der Waals surface area contributed by atoms with Crippen molar-refractivity contribution in [3.05, 3.63) is 53.1 Å². The predicted octanol–water partition coefficient (Wildman–Crippen LogP) is 4.68. The molecule has 4 rings (SSSR count). The van der Waals surface area contributed by atoms with Crippen LogP contribution in [0, 0.1) is 6.92 Å². The average Bonchev–Trinajstić information content (AvgIpc) is 3.25. The van der Waals surface area contributed by atoms with Gasteiger partial charge in [0.25, 0.3) is 0 Å². The zero-order valence-electron chi connectivity index (χ0n) is 17.6. The fraction of sp³-hybridized carbons (Fsp3) is 0.391. The first kappa shape index (κ1) is 22.4. The molecule has 164 valence electrons. The number of nitrogens with one attached hydrogen (secondary N) is 1. The molecule has 0 saturated carbocycles. The van der Waals surface area contributed by atoms with Crippen molar-refractivity contribution in [3.63, 3.8) is 0 Å². The van der Waals surface area contributed by atoms with Gasteiger partial charge in [0.15, 0.2) is 5.13 Å². The van der Waals surface area contributed by atoms with Crippen LogP contribution in [0.1, 0.15) is 12.0 Å². The van der Waals surface area contributed by atoms with E-state index in [-0.39, 0.29) is 5.91 Å². The van der Waals surface area contributed by atoms with Gasteiger partial charge in [0.2, 0.25) is 5.91 Å². The number of thioether (sulfide) groups is 1. The highest BCUT2D eigenvalue weighted by molar-refractivity contribution is 7.99. The van der Waals surface area contributed by atoms with Gasteiger partial charge in [-0.1, -0.05) is 47.2 Å². The molecular weight excluding hydrogens is 448 g/mol. The Kier molecular flexibility index (Phi) is 7.72. The van der Waals surface area contributed by atoms with Crippen molar-refractivity contribution in [1.29, 1.82) is 0 Å². The Hall–Kier alpha value is -1.80. The summed E-state index contributed by atoms with van der Waals surface area (Å²) in [6.07, 6.45) is 0.549. The van der Waals surface area contributed by atoms with Gasteiger partial charge in [-0.05, 0) is 30.7 Å². The van der Waals surface area contributed by atoms with Gasteiger partial charge in [0.1, 0.15) is 0 Å². The number of hydrogen-bond donors (Lipinski definition) is 1. The summed E-state index contributed by atoms with van der Waals surface area (Å²) in [7, 11) is 0. The summed E-state index contributed by atoms with van der Waals surface area (Å²) >= 11 is 9.76. The lowest BCUT2D eigenvalue weighted by atomic mass is 10.2. The number of amides is 1. The van der Waals surface area contributed by atoms with Crippen LogP contribution in [-0.2, 0) is 4.79 Å². The number of carbonyl (C=O) groups is 1. The molecule has 0 unspecified atom stereocenters. The van der Waals surface area contributed by atoms with Crippen LogP contribution in [0.4, 0.5) is 5.13 Å². The summed E-state index contributed by atoms with van der Waals surface area (Å²) in [4.78, 5) is 22.9. The number of nitrogens with zero attached hydrogens (tertiary/aromatic N) is 3. The maximum atomic E-state index is 12.1. The number of halogens is 1. The minimum absolute atomic E-state index is 0.129. The summed E-state index contributed by atoms with van der Waals surface area (Å²) in [5.74, 6) is 0.934. The zero-order valence-corrected chi connectivity index (χ0v) is 20.0. The Morgan fingerprint density at radius 1 is 1.16 bits per heavy atom. The van der Waals surface area contributed by atoms with Crippen LogP contribution in [0.25, 0.3) is 10.2 Å². The van der Waals surface area contributed by atoms with E-state index in [0.717, 1.165) is 58.8 Å². The lowest BCUT2D eigenvalue weighted by Gasteiger charge is -2.34. The molecule has 1 N–H and O–H groups in total. The number of aryl methyl sites for hydroxylation is 1. The highest BCUT2D eigenvalue weighted by Crippen LogP contribution is 2.35. The number of carbonyl (C=O) groups excluding carboxylic acids is 1. The van der Waals surface area contributed by atoms with E-state index in [1.807, 2.05) is 30.3 Å². The van der Waals surface area contributed by atoms with Crippen molar-refractivity contribution in [2.45, 2.75) is 18.2 Å². The lowest BCUT2D eigenvalue weighted by molar-refractivity contribution is -0.120. The average molecular weight is 475 g/mol. The zero-order chi connectivity index (χ0) is 21.6. The van der Waals surface area contributed by atoms with E-state index in [9.17, 15) is 4.79 Å². The van der Waals surface area contributed by atoms with Crippen molar-refractivity contribution >= 4 is 56.0 Å². The first-order valence-corrected chi connectivity index (χ1v) is 12.8. The number of aromatic nitrogens is 1. The number of hydrogen-bond acceptors (Lipinski definition) is 6. The second kappa shape index (κ2) is 10.7. The standard InChI is InChI=1S/C23H27ClN4OS2/c1-17-7-8-19(24)22-21(17)26-23(31-22)28-14-12-27(13-15-28)11-10-25-20(29)9-16-30-18-5-3-2-4-6-18/h2-8H,9-16H2,1H3,(H,25,29). The second-order valence-electron chi connectivity index (χ2n) is 7.63. The Balaban J connectivity index is 1.16. The molecule has 31 heavy (non-hydrogen) atoms. The summed E-state index contributed by atoms with van der Waals surface area (Å²) in [5.41, 5.74) is 2.18. The number of benzene rings is 2. The number of rotatable bonds is 8. The largest absolute Gasteiger partial charge is 0.355 e. The van der Waals surface area contributed by atoms with Crippen molar-refractivity contribution in [2.75, 3.05) is 49.9 Å². The SMILES string of the molecule is Cc1ccc(Cl)c2sc(N3CCN(CCNC(=O)CCSc4ccccc4)CC3)nc12. The Morgan fingerprint density at radius 2 is 1.94 bits per heavy atom. The Bertz CT molecular complexity index is 980. The summed E-state index contributed by atoms with van der Waals surface area (Å²) in [6.45, 7) is 7.50. The molecule has 8 heteroatoms. The fourth-order valence-electron chi connectivity index (χ4n) is 3.61. The molecule has 1 amide bonds. The van der Waals surface area contributed by atoms with Crippen LogP contribution >= 0.6 is 34.7 Å². The van der Waals surface area contributed by atoms with Crippen molar-refractivity contribution in [3.8, 4) is 0 Å². The minimum Gasteiger partial charge on any atom is -0.355 e. The molecule has 1 fully saturated rings.